The molecular weight excluding hydrogens is 366 g/mol. The van der Waals surface area contributed by atoms with Crippen molar-refractivity contribution in [2.45, 2.75) is 18.2 Å². The first-order valence-corrected chi connectivity index (χ1v) is 10.0. The summed E-state index contributed by atoms with van der Waals surface area (Å²) in [7, 11) is 1.34. The van der Waals surface area contributed by atoms with Gasteiger partial charge in [0.05, 0.1) is 13.5 Å². The summed E-state index contributed by atoms with van der Waals surface area (Å²) >= 11 is 3.14. The number of fused-ring (bicyclic) bond motifs is 1. The number of thioether (sulfide) groups is 1. The molecule has 1 amide bonds. The summed E-state index contributed by atoms with van der Waals surface area (Å²) in [6, 6.07) is 15.5. The van der Waals surface area contributed by atoms with Crippen molar-refractivity contribution in [2.24, 2.45) is 0 Å². The lowest BCUT2D eigenvalue weighted by Crippen LogP contribution is -2.15. The molecule has 0 spiro atoms. The molecule has 1 aromatic heterocycles. The van der Waals surface area contributed by atoms with Gasteiger partial charge in [-0.2, -0.15) is 0 Å². The van der Waals surface area contributed by atoms with Crippen molar-refractivity contribution in [3.05, 3.63) is 59.7 Å². The minimum absolute atomic E-state index is 0.155. The number of thiophene rings is 1. The van der Waals surface area contributed by atoms with Crippen LogP contribution in [-0.2, 0) is 16.0 Å². The quantitative estimate of drug-likeness (QED) is 0.480. The van der Waals surface area contributed by atoms with E-state index in [4.69, 9.17) is 4.74 Å². The first-order valence-electron chi connectivity index (χ1n) is 8.23. The second-order valence-electron chi connectivity index (χ2n) is 5.60. The minimum atomic E-state index is -0.446. The number of benzene rings is 2. The van der Waals surface area contributed by atoms with Gasteiger partial charge in [-0.25, -0.2) is 4.79 Å². The van der Waals surface area contributed by atoms with Crippen LogP contribution in [-0.4, -0.2) is 24.7 Å². The second-order valence-corrected chi connectivity index (χ2v) is 7.99. The lowest BCUT2D eigenvalue weighted by atomic mass is 10.1. The average molecular weight is 386 g/mol. The molecule has 0 fully saturated rings. The van der Waals surface area contributed by atoms with Crippen molar-refractivity contribution < 1.29 is 14.3 Å². The number of amides is 1. The molecule has 0 radical (unpaired) electrons. The van der Waals surface area contributed by atoms with Crippen molar-refractivity contribution in [1.82, 2.24) is 0 Å². The fourth-order valence-corrected chi connectivity index (χ4v) is 4.43. The molecule has 26 heavy (non-hydrogen) atoms. The van der Waals surface area contributed by atoms with Crippen molar-refractivity contribution in [1.29, 1.82) is 0 Å². The predicted molar refractivity (Wildman–Crippen MR) is 108 cm³/mol. The Balaban J connectivity index is 1.79. The topological polar surface area (TPSA) is 55.4 Å². The van der Waals surface area contributed by atoms with Gasteiger partial charge in [0.1, 0.15) is 10.6 Å². The average Bonchev–Trinajstić information content (AvgIpc) is 3.00. The highest BCUT2D eigenvalue weighted by Gasteiger charge is 2.21. The predicted octanol–water partition coefficient (Wildman–Crippen LogP) is 4.98. The summed E-state index contributed by atoms with van der Waals surface area (Å²) in [6.45, 7) is 2.11. The zero-order chi connectivity index (χ0) is 18.5. The van der Waals surface area contributed by atoms with Crippen molar-refractivity contribution >= 4 is 50.1 Å². The largest absolute Gasteiger partial charge is 0.465 e. The van der Waals surface area contributed by atoms with E-state index in [-0.39, 0.29) is 12.3 Å². The summed E-state index contributed by atoms with van der Waals surface area (Å²) in [4.78, 5) is 25.8. The van der Waals surface area contributed by atoms with E-state index in [1.807, 2.05) is 48.5 Å². The SMILES string of the molecule is CCSc1ccc(CC(=O)Nc2sc3ccccc3c2C(=O)OC)cc1. The zero-order valence-electron chi connectivity index (χ0n) is 14.6. The van der Waals surface area contributed by atoms with Gasteiger partial charge in [0.25, 0.3) is 0 Å². The number of rotatable bonds is 6. The molecule has 3 rings (SSSR count). The third-order valence-electron chi connectivity index (χ3n) is 3.84. The molecule has 1 heterocycles. The van der Waals surface area contributed by atoms with E-state index in [9.17, 15) is 9.59 Å². The molecule has 0 atom stereocenters. The number of ether oxygens (including phenoxy) is 1. The summed E-state index contributed by atoms with van der Waals surface area (Å²) in [5.74, 6) is 0.415. The van der Waals surface area contributed by atoms with Crippen LogP contribution in [0.1, 0.15) is 22.8 Å². The fraction of sp³-hybridized carbons (Fsp3) is 0.200. The third-order valence-corrected chi connectivity index (χ3v) is 5.82. The molecule has 1 N–H and O–H groups in total. The Kier molecular flexibility index (Phi) is 5.96. The molecule has 0 bridgehead atoms. The Labute approximate surface area is 160 Å². The summed E-state index contributed by atoms with van der Waals surface area (Å²) in [5.41, 5.74) is 1.35. The van der Waals surface area contributed by atoms with Crippen molar-refractivity contribution in [3.8, 4) is 0 Å². The van der Waals surface area contributed by atoms with Crippen LogP contribution >= 0.6 is 23.1 Å². The summed E-state index contributed by atoms with van der Waals surface area (Å²) < 4.78 is 5.83. The number of carbonyl (C=O) groups is 2. The van der Waals surface area contributed by atoms with Crippen LogP contribution in [0.25, 0.3) is 10.1 Å². The van der Waals surface area contributed by atoms with Crippen LogP contribution in [0.3, 0.4) is 0 Å². The first-order chi connectivity index (χ1) is 12.6. The molecule has 0 saturated heterocycles. The van der Waals surface area contributed by atoms with E-state index in [0.717, 1.165) is 21.4 Å². The molecule has 0 saturated carbocycles. The first kappa shape index (κ1) is 18.5. The number of anilines is 1. The van der Waals surface area contributed by atoms with Crippen molar-refractivity contribution in [3.63, 3.8) is 0 Å². The highest BCUT2D eigenvalue weighted by atomic mass is 32.2. The van der Waals surface area contributed by atoms with Gasteiger partial charge in [0.15, 0.2) is 0 Å². The Morgan fingerprint density at radius 3 is 2.54 bits per heavy atom. The van der Waals surface area contributed by atoms with E-state index in [0.29, 0.717) is 10.6 Å². The Bertz CT molecular complexity index is 932. The summed E-state index contributed by atoms with van der Waals surface area (Å²) in [5, 5.41) is 4.20. The maximum absolute atomic E-state index is 12.5. The van der Waals surface area contributed by atoms with E-state index in [1.54, 1.807) is 11.8 Å². The van der Waals surface area contributed by atoms with Gasteiger partial charge in [-0.05, 0) is 29.5 Å². The van der Waals surface area contributed by atoms with Gasteiger partial charge in [-0.3, -0.25) is 4.79 Å². The molecule has 0 aliphatic rings. The van der Waals surface area contributed by atoms with Crippen LogP contribution in [0.5, 0.6) is 0 Å². The molecular formula is C20H19NO3S2. The van der Waals surface area contributed by atoms with Gasteiger partial charge in [0, 0.05) is 15.0 Å². The molecule has 3 aromatic rings. The normalized spacial score (nSPS) is 10.7. The Morgan fingerprint density at radius 1 is 1.12 bits per heavy atom. The van der Waals surface area contributed by atoms with E-state index >= 15 is 0 Å². The van der Waals surface area contributed by atoms with Crippen LogP contribution < -0.4 is 5.32 Å². The number of hydrogen-bond acceptors (Lipinski definition) is 5. The number of nitrogens with one attached hydrogen (secondary N) is 1. The Morgan fingerprint density at radius 2 is 1.85 bits per heavy atom. The standard InChI is InChI=1S/C20H19NO3S2/c1-3-25-14-10-8-13(9-11-14)12-17(22)21-19-18(20(23)24-2)15-6-4-5-7-16(15)26-19/h4-11H,3,12H2,1-2H3,(H,21,22). The molecule has 0 aliphatic heterocycles. The van der Waals surface area contributed by atoms with Crippen LogP contribution in [0.4, 0.5) is 5.00 Å². The zero-order valence-corrected chi connectivity index (χ0v) is 16.2. The number of esters is 1. The van der Waals surface area contributed by atoms with Gasteiger partial charge >= 0.3 is 5.97 Å². The van der Waals surface area contributed by atoms with Crippen LogP contribution in [0.2, 0.25) is 0 Å². The monoisotopic (exact) mass is 385 g/mol. The second kappa shape index (κ2) is 8.38. The number of methoxy groups -OCH3 is 1. The van der Waals surface area contributed by atoms with E-state index < -0.39 is 5.97 Å². The van der Waals surface area contributed by atoms with Gasteiger partial charge in [-0.15, -0.1) is 23.1 Å². The minimum Gasteiger partial charge on any atom is -0.465 e. The van der Waals surface area contributed by atoms with Gasteiger partial charge in [0.2, 0.25) is 5.91 Å². The lowest BCUT2D eigenvalue weighted by molar-refractivity contribution is -0.115. The molecule has 0 aliphatic carbocycles. The fourth-order valence-electron chi connectivity index (χ4n) is 2.66. The highest BCUT2D eigenvalue weighted by molar-refractivity contribution is 7.99. The van der Waals surface area contributed by atoms with E-state index in [2.05, 4.69) is 12.2 Å². The smallest absolute Gasteiger partial charge is 0.341 e. The molecule has 4 nitrogen and oxygen atoms in total. The maximum Gasteiger partial charge on any atom is 0.341 e. The number of hydrogen-bond donors (Lipinski definition) is 1. The van der Waals surface area contributed by atoms with Gasteiger partial charge < -0.3 is 10.1 Å². The van der Waals surface area contributed by atoms with Gasteiger partial charge in [-0.1, -0.05) is 37.3 Å². The molecule has 134 valence electrons. The van der Waals surface area contributed by atoms with Crippen LogP contribution in [0.15, 0.2) is 53.4 Å². The highest BCUT2D eigenvalue weighted by Crippen LogP contribution is 2.36. The summed E-state index contributed by atoms with van der Waals surface area (Å²) in [6.07, 6.45) is 0.256. The molecule has 2 aromatic carbocycles. The third kappa shape index (κ3) is 4.08. The molecule has 6 heteroatoms. The van der Waals surface area contributed by atoms with Crippen LogP contribution in [0, 0.1) is 0 Å². The number of carbonyl (C=O) groups excluding carboxylic acids is 2. The Hall–Kier alpha value is -2.31. The maximum atomic E-state index is 12.5. The lowest BCUT2D eigenvalue weighted by Gasteiger charge is -2.06. The van der Waals surface area contributed by atoms with E-state index in [1.165, 1.54) is 23.3 Å². The molecule has 0 unspecified atom stereocenters. The van der Waals surface area contributed by atoms with Crippen molar-refractivity contribution in [2.75, 3.05) is 18.2 Å².